The van der Waals surface area contributed by atoms with Crippen molar-refractivity contribution in [2.24, 2.45) is 0 Å². The molecule has 2 aliphatic rings. The lowest BCUT2D eigenvalue weighted by Crippen LogP contribution is -2.52. The van der Waals surface area contributed by atoms with Crippen LogP contribution in [0.1, 0.15) is 23.1 Å². The molecule has 1 heterocycles. The molecular weight excluding hydrogens is 519 g/mol. The molecule has 0 aromatic heterocycles. The Morgan fingerprint density at radius 1 is 1.00 bits per heavy atom. The quantitative estimate of drug-likeness (QED) is 0.198. The highest BCUT2D eigenvalue weighted by molar-refractivity contribution is 14.1. The van der Waals surface area contributed by atoms with Gasteiger partial charge in [-0.2, -0.15) is 0 Å². The van der Waals surface area contributed by atoms with E-state index in [1.54, 1.807) is 10.4 Å². The number of anilines is 1. The molecule has 166 valence electrons. The van der Waals surface area contributed by atoms with Crippen LogP contribution in [0, 0.1) is 6.92 Å². The Morgan fingerprint density at radius 2 is 1.75 bits per heavy atom. The molecule has 4 rings (SSSR count). The number of nitrogens with zero attached hydrogens (tertiary/aromatic N) is 2. The van der Waals surface area contributed by atoms with E-state index in [9.17, 15) is 0 Å². The number of benzene rings is 2. The van der Waals surface area contributed by atoms with E-state index in [2.05, 4.69) is 134 Å². The third-order valence-corrected chi connectivity index (χ3v) is 12.3. The molecule has 1 unspecified atom stereocenters. The zero-order valence-corrected chi connectivity index (χ0v) is 23.3. The number of fused-ring (bicyclic) bond motifs is 2. The summed E-state index contributed by atoms with van der Waals surface area (Å²) < 4.78 is 3.45. The van der Waals surface area contributed by atoms with Crippen molar-refractivity contribution in [3.8, 4) is 0 Å². The molecule has 2 nitrogen and oxygen atoms in total. The van der Waals surface area contributed by atoms with Crippen molar-refractivity contribution < 1.29 is 4.58 Å². The number of halogens is 1. The molecule has 0 fully saturated rings. The second-order valence-corrected chi connectivity index (χ2v) is 14.9. The molecule has 2 aromatic carbocycles. The van der Waals surface area contributed by atoms with Crippen molar-refractivity contribution in [3.05, 3.63) is 88.2 Å². The van der Waals surface area contributed by atoms with Gasteiger partial charge in [0, 0.05) is 31.9 Å². The zero-order chi connectivity index (χ0) is 23.0. The predicted molar refractivity (Wildman–Crippen MR) is 152 cm³/mol. The van der Waals surface area contributed by atoms with Gasteiger partial charge >= 0.3 is 0 Å². The fourth-order valence-corrected chi connectivity index (χ4v) is 10.4. The topological polar surface area (TPSA) is 6.25 Å². The van der Waals surface area contributed by atoms with E-state index >= 15 is 0 Å². The Bertz CT molecular complexity index is 1180. The molecule has 0 N–H and O–H groups in total. The van der Waals surface area contributed by atoms with Crippen LogP contribution in [0.3, 0.4) is 0 Å². The van der Waals surface area contributed by atoms with Gasteiger partial charge in [-0.1, -0.05) is 59.5 Å². The van der Waals surface area contributed by atoms with Crippen LogP contribution >= 0.6 is 22.6 Å². The van der Waals surface area contributed by atoms with Gasteiger partial charge in [-0.05, 0) is 80.2 Å². The van der Waals surface area contributed by atoms with Crippen molar-refractivity contribution in [3.63, 3.8) is 0 Å². The highest BCUT2D eigenvalue weighted by Crippen LogP contribution is 2.44. The Kier molecular flexibility index (Phi) is 6.64. The van der Waals surface area contributed by atoms with E-state index < -0.39 is 8.07 Å². The second-order valence-electron chi connectivity index (χ2n) is 9.56. The molecule has 0 radical (unpaired) electrons. The molecule has 32 heavy (non-hydrogen) atoms. The minimum absolute atomic E-state index is 1.21. The van der Waals surface area contributed by atoms with Gasteiger partial charge in [-0.3, -0.25) is 0 Å². The normalized spacial score (nSPS) is 19.5. The number of aryl methyl sites for hydroxylation is 1. The first kappa shape index (κ1) is 23.2. The van der Waals surface area contributed by atoms with Crippen molar-refractivity contribution >= 4 is 52.8 Å². The molecule has 0 saturated carbocycles. The fourth-order valence-electron chi connectivity index (χ4n) is 5.09. The standard InChI is InChI=1S/C28H34IN2Si/c1-20-10-7-8-11-23(20)28-24-14-12-21(30(2)3)18-26(24)32(6,17-9-16-29)27-19-22(31(4)5)13-15-25(27)28/h7-8,10-15,18-19H,9,16-17H2,1-6H3/q+1. The zero-order valence-electron chi connectivity index (χ0n) is 20.2. The predicted octanol–water partition coefficient (Wildman–Crippen LogP) is 5.74. The Hall–Kier alpha value is -1.92. The number of hydrogen-bond acceptors (Lipinski definition) is 1. The maximum atomic E-state index is 2.60. The van der Waals surface area contributed by atoms with Crippen molar-refractivity contribution in [2.75, 3.05) is 37.5 Å². The number of hydrogen-bond donors (Lipinski definition) is 0. The lowest BCUT2D eigenvalue weighted by molar-refractivity contribution is -0.462. The molecular formula is C28H34IN2Si+. The molecule has 0 saturated heterocycles. The summed E-state index contributed by atoms with van der Waals surface area (Å²) in [7, 11) is 6.68. The molecule has 1 aliphatic heterocycles. The maximum Gasteiger partial charge on any atom is 0.199 e. The van der Waals surface area contributed by atoms with E-state index in [1.807, 2.05) is 0 Å². The molecule has 4 heteroatoms. The molecule has 0 spiro atoms. The summed E-state index contributed by atoms with van der Waals surface area (Å²) in [4.78, 5) is 2.24. The summed E-state index contributed by atoms with van der Waals surface area (Å²) in [6.07, 6.45) is 8.45. The van der Waals surface area contributed by atoms with Crippen LogP contribution in [0.2, 0.25) is 12.6 Å². The van der Waals surface area contributed by atoms with Crippen LogP contribution in [-0.2, 0) is 0 Å². The van der Waals surface area contributed by atoms with E-state index in [0.717, 1.165) is 0 Å². The maximum absolute atomic E-state index is 2.60. The monoisotopic (exact) mass is 553 g/mol. The van der Waals surface area contributed by atoms with Gasteiger partial charge < -0.3 is 4.90 Å². The highest BCUT2D eigenvalue weighted by Gasteiger charge is 2.43. The SMILES string of the molecule is Cc1ccccc1C1=C2C=CC(=[N+](C)C)C=C2[Si](C)(CCCI)c2cc(N(C)C)ccc21. The van der Waals surface area contributed by atoms with Gasteiger partial charge in [0.1, 0.15) is 22.2 Å². The first-order valence-corrected chi connectivity index (χ1v) is 15.6. The van der Waals surface area contributed by atoms with Crippen LogP contribution in [0.5, 0.6) is 0 Å². The van der Waals surface area contributed by atoms with Crippen LogP contribution in [0.4, 0.5) is 5.69 Å². The number of rotatable bonds is 5. The van der Waals surface area contributed by atoms with Gasteiger partial charge in [0.15, 0.2) is 5.71 Å². The van der Waals surface area contributed by atoms with Gasteiger partial charge in [0.2, 0.25) is 0 Å². The minimum atomic E-state index is -1.92. The molecule has 2 aromatic rings. The molecule has 1 atom stereocenters. The van der Waals surface area contributed by atoms with Crippen LogP contribution in [-0.4, -0.2) is 51.0 Å². The van der Waals surface area contributed by atoms with Crippen molar-refractivity contribution in [1.29, 1.82) is 0 Å². The van der Waals surface area contributed by atoms with E-state index in [1.165, 1.54) is 56.1 Å². The third-order valence-electron chi connectivity index (χ3n) is 6.99. The molecule has 0 amide bonds. The minimum Gasteiger partial charge on any atom is -0.378 e. The summed E-state index contributed by atoms with van der Waals surface area (Å²) in [5.74, 6) is 0. The average molecular weight is 554 g/mol. The van der Waals surface area contributed by atoms with E-state index in [0.29, 0.717) is 0 Å². The van der Waals surface area contributed by atoms with Gasteiger partial charge in [-0.15, -0.1) is 0 Å². The average Bonchev–Trinajstić information content (AvgIpc) is 2.78. The Morgan fingerprint density at radius 3 is 2.41 bits per heavy atom. The summed E-state index contributed by atoms with van der Waals surface area (Å²) >= 11 is 2.54. The van der Waals surface area contributed by atoms with Crippen LogP contribution < -0.4 is 10.1 Å². The van der Waals surface area contributed by atoms with E-state index in [-0.39, 0.29) is 0 Å². The lowest BCUT2D eigenvalue weighted by atomic mass is 9.87. The summed E-state index contributed by atoms with van der Waals surface area (Å²) in [6.45, 7) is 4.84. The highest BCUT2D eigenvalue weighted by atomic mass is 127. The number of allylic oxidation sites excluding steroid dienone is 5. The first-order chi connectivity index (χ1) is 15.3. The smallest absolute Gasteiger partial charge is 0.199 e. The fraction of sp³-hybridized carbons (Fsp3) is 0.321. The third kappa shape index (κ3) is 3.96. The van der Waals surface area contributed by atoms with E-state index in [4.69, 9.17) is 0 Å². The summed E-state index contributed by atoms with van der Waals surface area (Å²) in [6, 6.07) is 17.3. The second kappa shape index (κ2) is 9.14. The molecule has 0 bridgehead atoms. The Labute approximate surface area is 208 Å². The largest absolute Gasteiger partial charge is 0.378 e. The van der Waals surface area contributed by atoms with Gasteiger partial charge in [-0.25, -0.2) is 4.58 Å². The lowest BCUT2D eigenvalue weighted by Gasteiger charge is -2.40. The molecule has 1 aliphatic carbocycles. The van der Waals surface area contributed by atoms with Crippen molar-refractivity contribution in [1.82, 2.24) is 0 Å². The Balaban J connectivity index is 2.11. The number of alkyl halides is 1. The summed E-state index contributed by atoms with van der Waals surface area (Å²) in [5, 5.41) is 3.19. The van der Waals surface area contributed by atoms with Gasteiger partial charge in [0.25, 0.3) is 0 Å². The van der Waals surface area contributed by atoms with Crippen LogP contribution in [0.15, 0.2) is 71.5 Å². The van der Waals surface area contributed by atoms with Gasteiger partial charge in [0.05, 0.1) is 0 Å². The summed E-state index contributed by atoms with van der Waals surface area (Å²) in [5.41, 5.74) is 9.58. The first-order valence-electron chi connectivity index (χ1n) is 11.4. The van der Waals surface area contributed by atoms with Crippen LogP contribution in [0.25, 0.3) is 5.57 Å². The van der Waals surface area contributed by atoms with Crippen molar-refractivity contribution in [2.45, 2.75) is 25.9 Å².